The van der Waals surface area contributed by atoms with Crippen molar-refractivity contribution in [2.45, 2.75) is 25.6 Å². The van der Waals surface area contributed by atoms with Gasteiger partial charge in [-0.3, -0.25) is 9.69 Å². The van der Waals surface area contributed by atoms with Crippen molar-refractivity contribution in [2.75, 3.05) is 42.6 Å². The second-order valence-electron chi connectivity index (χ2n) is 9.61. The van der Waals surface area contributed by atoms with Crippen molar-refractivity contribution in [2.24, 2.45) is 0 Å². The van der Waals surface area contributed by atoms with Gasteiger partial charge in [-0.15, -0.1) is 0 Å². The monoisotopic (exact) mass is 559 g/mol. The Kier molecular flexibility index (Phi) is 6.88. The summed E-state index contributed by atoms with van der Waals surface area (Å²) in [7, 11) is 0. The van der Waals surface area contributed by atoms with Gasteiger partial charge in [0.15, 0.2) is 6.29 Å². The number of pyridine rings is 2. The third-order valence-electron chi connectivity index (χ3n) is 6.97. The van der Waals surface area contributed by atoms with Gasteiger partial charge in [0.1, 0.15) is 5.69 Å². The van der Waals surface area contributed by atoms with Crippen LogP contribution in [0.3, 0.4) is 0 Å². The fourth-order valence-electron chi connectivity index (χ4n) is 5.26. The molecule has 2 amide bonds. The number of anilines is 2. The van der Waals surface area contributed by atoms with Gasteiger partial charge >= 0.3 is 12.2 Å². The van der Waals surface area contributed by atoms with Crippen LogP contribution in [-0.4, -0.2) is 65.5 Å². The third kappa shape index (κ3) is 4.87. The highest BCUT2D eigenvalue weighted by atomic mass is 35.5. The first-order chi connectivity index (χ1) is 18.6. The van der Waals surface area contributed by atoms with E-state index >= 15 is 0 Å². The van der Waals surface area contributed by atoms with Crippen LogP contribution < -0.4 is 14.5 Å². The van der Waals surface area contributed by atoms with Crippen molar-refractivity contribution in [3.63, 3.8) is 0 Å². The minimum absolute atomic E-state index is 0.0301. The molecule has 0 spiro atoms. The Bertz CT molecular complexity index is 1440. The van der Waals surface area contributed by atoms with Gasteiger partial charge < -0.3 is 14.5 Å². The molecule has 0 bridgehead atoms. The molecular formula is C27H25ClF3N5O3. The summed E-state index contributed by atoms with van der Waals surface area (Å²) in [5.74, 6) is 0.406. The smallest absolute Gasteiger partial charge is 0.418 e. The van der Waals surface area contributed by atoms with Crippen LogP contribution in [0.4, 0.5) is 29.3 Å². The van der Waals surface area contributed by atoms with Crippen LogP contribution in [0.1, 0.15) is 29.9 Å². The standard InChI is InChI=1S/C27H25ClF3N5O3/c1-3-39-24-18(5-4-10-32-24)20-7-9-23(21(14-37)33-20)34-11-12-36-25(38)35(16-26(36,2)15-34)22-8-6-17(28)13-19(22)27(29,30)31/h4-10,13-14H,3,11-12,15-16H2,1-2H3. The number of nitrogens with zero attached hydrogens (tertiary/aromatic N) is 5. The fraction of sp³-hybridized carbons (Fsp3) is 0.333. The maximum absolute atomic E-state index is 13.8. The summed E-state index contributed by atoms with van der Waals surface area (Å²) in [4.78, 5) is 38.9. The number of aldehydes is 1. The van der Waals surface area contributed by atoms with Crippen LogP contribution in [0.2, 0.25) is 5.02 Å². The molecule has 1 atom stereocenters. The first-order valence-corrected chi connectivity index (χ1v) is 12.7. The van der Waals surface area contributed by atoms with Crippen molar-refractivity contribution >= 4 is 35.3 Å². The Labute approximate surface area is 228 Å². The van der Waals surface area contributed by atoms with Crippen LogP contribution in [0.5, 0.6) is 5.88 Å². The summed E-state index contributed by atoms with van der Waals surface area (Å²) in [5, 5.41) is -0.0650. The molecule has 3 aromatic rings. The summed E-state index contributed by atoms with van der Waals surface area (Å²) < 4.78 is 47.0. The number of aromatic nitrogens is 2. The van der Waals surface area contributed by atoms with Crippen LogP contribution >= 0.6 is 11.6 Å². The lowest BCUT2D eigenvalue weighted by Crippen LogP contribution is -2.60. The molecule has 2 saturated heterocycles. The van der Waals surface area contributed by atoms with Crippen molar-refractivity contribution in [3.8, 4) is 17.1 Å². The highest BCUT2D eigenvalue weighted by Crippen LogP contribution is 2.42. The Morgan fingerprint density at radius 2 is 1.90 bits per heavy atom. The van der Waals surface area contributed by atoms with E-state index in [9.17, 15) is 22.8 Å². The molecular weight excluding hydrogens is 535 g/mol. The number of carbonyl (C=O) groups is 2. The van der Waals surface area contributed by atoms with Crippen molar-refractivity contribution in [3.05, 3.63) is 64.9 Å². The van der Waals surface area contributed by atoms with Gasteiger partial charge in [0.25, 0.3) is 0 Å². The molecule has 0 N–H and O–H groups in total. The van der Waals surface area contributed by atoms with Gasteiger partial charge in [0.05, 0.1) is 46.9 Å². The van der Waals surface area contributed by atoms with Gasteiger partial charge in [0, 0.05) is 30.9 Å². The van der Waals surface area contributed by atoms with Gasteiger partial charge in [-0.2, -0.15) is 13.2 Å². The number of benzene rings is 1. The Morgan fingerprint density at radius 1 is 1.13 bits per heavy atom. The number of halogens is 4. The molecule has 204 valence electrons. The zero-order chi connectivity index (χ0) is 27.9. The predicted octanol–water partition coefficient (Wildman–Crippen LogP) is 5.55. The number of hydrogen-bond acceptors (Lipinski definition) is 6. The molecule has 2 aromatic heterocycles. The van der Waals surface area contributed by atoms with Gasteiger partial charge in [0.2, 0.25) is 5.88 Å². The number of urea groups is 1. The molecule has 2 aliphatic rings. The van der Waals surface area contributed by atoms with Crippen LogP contribution in [0.15, 0.2) is 48.7 Å². The van der Waals surface area contributed by atoms with Gasteiger partial charge in [-0.1, -0.05) is 11.6 Å². The third-order valence-corrected chi connectivity index (χ3v) is 7.21. The highest BCUT2D eigenvalue weighted by Gasteiger charge is 2.51. The highest BCUT2D eigenvalue weighted by molar-refractivity contribution is 6.30. The van der Waals surface area contributed by atoms with E-state index < -0.39 is 23.3 Å². The lowest BCUT2D eigenvalue weighted by molar-refractivity contribution is -0.137. The lowest BCUT2D eigenvalue weighted by atomic mass is 9.97. The van der Waals surface area contributed by atoms with E-state index in [1.54, 1.807) is 35.4 Å². The average Bonchev–Trinajstić information content (AvgIpc) is 3.18. The molecule has 12 heteroatoms. The molecule has 5 rings (SSSR count). The number of piperazine rings is 1. The molecule has 1 aromatic carbocycles. The average molecular weight is 560 g/mol. The van der Waals surface area contributed by atoms with Crippen molar-refractivity contribution in [1.82, 2.24) is 14.9 Å². The Hall–Kier alpha value is -3.86. The van der Waals surface area contributed by atoms with Gasteiger partial charge in [-0.25, -0.2) is 14.8 Å². The van der Waals surface area contributed by atoms with E-state index in [1.165, 1.54) is 12.1 Å². The topological polar surface area (TPSA) is 78.9 Å². The summed E-state index contributed by atoms with van der Waals surface area (Å²) in [6, 6.07) is 10.0. The molecule has 39 heavy (non-hydrogen) atoms. The number of carbonyl (C=O) groups excluding carboxylic acids is 2. The number of alkyl halides is 3. The number of fused-ring (bicyclic) bond motifs is 1. The number of rotatable bonds is 6. The van der Waals surface area contributed by atoms with Crippen LogP contribution in [-0.2, 0) is 6.18 Å². The second kappa shape index (κ2) is 10.0. The Morgan fingerprint density at radius 3 is 2.62 bits per heavy atom. The van der Waals surface area contributed by atoms with Crippen molar-refractivity contribution in [1.29, 1.82) is 0 Å². The van der Waals surface area contributed by atoms with E-state index in [0.29, 0.717) is 48.8 Å². The molecule has 2 aliphatic heterocycles. The van der Waals surface area contributed by atoms with E-state index in [2.05, 4.69) is 9.97 Å². The minimum Gasteiger partial charge on any atom is -0.477 e. The zero-order valence-corrected chi connectivity index (χ0v) is 22.0. The minimum atomic E-state index is -4.68. The summed E-state index contributed by atoms with van der Waals surface area (Å²) in [5.41, 5.74) is -0.0758. The molecule has 2 fully saturated rings. The van der Waals surface area contributed by atoms with E-state index in [1.807, 2.05) is 18.7 Å². The van der Waals surface area contributed by atoms with Gasteiger partial charge in [-0.05, 0) is 56.3 Å². The normalized spacial score (nSPS) is 19.3. The van der Waals surface area contributed by atoms with E-state index in [-0.39, 0.29) is 29.5 Å². The van der Waals surface area contributed by atoms with Crippen LogP contribution in [0, 0.1) is 0 Å². The molecule has 0 saturated carbocycles. The largest absolute Gasteiger partial charge is 0.477 e. The number of hydrogen-bond donors (Lipinski definition) is 0. The molecule has 0 radical (unpaired) electrons. The van der Waals surface area contributed by atoms with Crippen molar-refractivity contribution < 1.29 is 27.5 Å². The number of amides is 2. The maximum atomic E-state index is 13.8. The molecule has 4 heterocycles. The maximum Gasteiger partial charge on any atom is 0.418 e. The predicted molar refractivity (Wildman–Crippen MR) is 141 cm³/mol. The lowest BCUT2D eigenvalue weighted by Gasteiger charge is -2.44. The molecule has 8 nitrogen and oxygen atoms in total. The summed E-state index contributed by atoms with van der Waals surface area (Å²) in [6.45, 7) is 5.05. The Balaban J connectivity index is 1.44. The summed E-state index contributed by atoms with van der Waals surface area (Å²) in [6.07, 6.45) is -2.41. The van der Waals surface area contributed by atoms with E-state index in [4.69, 9.17) is 16.3 Å². The SMILES string of the molecule is CCOc1ncccc1-c1ccc(N2CCN3C(=O)N(c4ccc(Cl)cc4C(F)(F)F)CC3(C)C2)c(C=O)n1. The number of ether oxygens (including phenoxy) is 1. The first-order valence-electron chi connectivity index (χ1n) is 12.3. The molecule has 1 unspecified atom stereocenters. The van der Waals surface area contributed by atoms with E-state index in [0.717, 1.165) is 11.0 Å². The first kappa shape index (κ1) is 26.7. The quantitative estimate of drug-likeness (QED) is 0.369. The summed E-state index contributed by atoms with van der Waals surface area (Å²) >= 11 is 5.84. The second-order valence-corrected chi connectivity index (χ2v) is 10.0. The molecule has 0 aliphatic carbocycles. The zero-order valence-electron chi connectivity index (χ0n) is 21.2. The fourth-order valence-corrected chi connectivity index (χ4v) is 5.43. The van der Waals surface area contributed by atoms with Crippen LogP contribution in [0.25, 0.3) is 11.3 Å².